The van der Waals surface area contributed by atoms with Gasteiger partial charge in [0.05, 0.1) is 22.3 Å². The van der Waals surface area contributed by atoms with Crippen molar-refractivity contribution in [3.05, 3.63) is 64.9 Å². The topological polar surface area (TPSA) is 59.7 Å². The highest BCUT2D eigenvalue weighted by Crippen LogP contribution is 2.35. The maximum Gasteiger partial charge on any atom is 0.159 e. The largest absolute Gasteiger partial charge is 0.354 e. The van der Waals surface area contributed by atoms with Gasteiger partial charge in [-0.25, -0.2) is 4.68 Å². The fraction of sp³-hybridized carbons (Fsp3) is 0.238. The lowest BCUT2D eigenvalue weighted by Gasteiger charge is -2.33. The highest BCUT2D eigenvalue weighted by atomic mass is 35.5. The molecule has 4 aromatic rings. The zero-order valence-electron chi connectivity index (χ0n) is 15.5. The fourth-order valence-corrected chi connectivity index (χ4v) is 4.23. The Morgan fingerprint density at radius 1 is 0.897 bits per heavy atom. The minimum atomic E-state index is 0.378. The first-order valence-electron chi connectivity index (χ1n) is 9.52. The van der Waals surface area contributed by atoms with Crippen molar-refractivity contribution in [2.45, 2.75) is 18.9 Å². The molecule has 6 nitrogen and oxygen atoms in total. The van der Waals surface area contributed by atoms with E-state index in [-0.39, 0.29) is 0 Å². The average Bonchev–Trinajstić information content (AvgIpc) is 3.30. The zero-order chi connectivity index (χ0) is 19.8. The van der Waals surface area contributed by atoms with Crippen molar-refractivity contribution >= 4 is 39.8 Å². The third-order valence-electron chi connectivity index (χ3n) is 5.44. The molecule has 5 rings (SSSR count). The highest BCUT2D eigenvalue weighted by molar-refractivity contribution is 6.42. The summed E-state index contributed by atoms with van der Waals surface area (Å²) in [5.41, 5.74) is 1.71. The number of halogens is 2. The predicted octanol–water partition coefficient (Wildman–Crippen LogP) is 5.04. The van der Waals surface area contributed by atoms with Crippen LogP contribution in [-0.4, -0.2) is 38.3 Å². The Morgan fingerprint density at radius 2 is 1.69 bits per heavy atom. The maximum absolute atomic E-state index is 6.22. The highest BCUT2D eigenvalue weighted by Gasteiger charge is 2.24. The van der Waals surface area contributed by atoms with Gasteiger partial charge in [-0.2, -0.15) is 0 Å². The van der Waals surface area contributed by atoms with Crippen molar-refractivity contribution in [1.29, 1.82) is 0 Å². The quantitative estimate of drug-likeness (QED) is 0.461. The van der Waals surface area contributed by atoms with Crippen molar-refractivity contribution < 1.29 is 0 Å². The van der Waals surface area contributed by atoms with Crippen LogP contribution in [0.4, 0.5) is 5.82 Å². The summed E-state index contributed by atoms with van der Waals surface area (Å²) >= 11 is 12.3. The Balaban J connectivity index is 1.49. The van der Waals surface area contributed by atoms with Crippen LogP contribution >= 0.6 is 23.2 Å². The molecule has 0 spiro atoms. The van der Waals surface area contributed by atoms with Crippen LogP contribution in [0.5, 0.6) is 0 Å². The molecule has 3 heterocycles. The number of aromatic nitrogens is 5. The molecule has 1 saturated heterocycles. The summed E-state index contributed by atoms with van der Waals surface area (Å²) in [4.78, 5) is 2.31. The van der Waals surface area contributed by atoms with Crippen LogP contribution in [0.25, 0.3) is 22.0 Å². The second-order valence-corrected chi connectivity index (χ2v) is 7.96. The van der Waals surface area contributed by atoms with E-state index < -0.39 is 0 Å². The number of piperidine rings is 1. The summed E-state index contributed by atoms with van der Waals surface area (Å²) in [6.07, 6.45) is 5.65. The van der Waals surface area contributed by atoms with Crippen molar-refractivity contribution in [3.63, 3.8) is 0 Å². The van der Waals surface area contributed by atoms with Crippen molar-refractivity contribution in [3.8, 4) is 11.3 Å². The molecule has 0 atom stereocenters. The Hall–Kier alpha value is -2.70. The van der Waals surface area contributed by atoms with Gasteiger partial charge in [-0.15, -0.1) is 15.3 Å². The van der Waals surface area contributed by atoms with Gasteiger partial charge in [0.15, 0.2) is 5.82 Å². The lowest BCUT2D eigenvalue weighted by Crippen LogP contribution is -2.35. The third-order valence-corrected chi connectivity index (χ3v) is 6.18. The second kappa shape index (κ2) is 7.61. The van der Waals surface area contributed by atoms with Gasteiger partial charge < -0.3 is 4.90 Å². The molecule has 1 fully saturated rings. The third kappa shape index (κ3) is 3.43. The Labute approximate surface area is 178 Å². The summed E-state index contributed by atoms with van der Waals surface area (Å²) in [6.45, 7) is 1.80. The van der Waals surface area contributed by atoms with Crippen molar-refractivity contribution in [2.75, 3.05) is 18.0 Å². The molecule has 2 aromatic heterocycles. The van der Waals surface area contributed by atoms with E-state index in [4.69, 9.17) is 23.2 Å². The molecule has 29 heavy (non-hydrogen) atoms. The smallest absolute Gasteiger partial charge is 0.159 e. The molecule has 0 saturated carbocycles. The molecule has 8 heteroatoms. The van der Waals surface area contributed by atoms with E-state index in [1.807, 2.05) is 35.1 Å². The van der Waals surface area contributed by atoms with E-state index in [9.17, 15) is 0 Å². The molecule has 1 aliphatic rings. The number of hydrogen-bond donors (Lipinski definition) is 0. The summed E-state index contributed by atoms with van der Waals surface area (Å²) in [5, 5.41) is 20.4. The van der Waals surface area contributed by atoms with Crippen LogP contribution in [0, 0.1) is 0 Å². The maximum atomic E-state index is 6.22. The van der Waals surface area contributed by atoms with Gasteiger partial charge in [0.25, 0.3) is 0 Å². The lowest BCUT2D eigenvalue weighted by atomic mass is 10.0. The normalized spacial score (nSPS) is 15.2. The van der Waals surface area contributed by atoms with Crippen molar-refractivity contribution in [2.24, 2.45) is 0 Å². The molecule has 0 amide bonds. The molecule has 0 aliphatic carbocycles. The Morgan fingerprint density at radius 3 is 2.41 bits per heavy atom. The lowest BCUT2D eigenvalue weighted by molar-refractivity contribution is 0.359. The second-order valence-electron chi connectivity index (χ2n) is 7.15. The van der Waals surface area contributed by atoms with Gasteiger partial charge in [-0.3, -0.25) is 0 Å². The first kappa shape index (κ1) is 18.3. The van der Waals surface area contributed by atoms with E-state index in [0.29, 0.717) is 16.1 Å². The first-order valence-corrected chi connectivity index (χ1v) is 10.3. The van der Waals surface area contributed by atoms with Crippen LogP contribution < -0.4 is 4.90 Å². The molecule has 0 bridgehead atoms. The van der Waals surface area contributed by atoms with Crippen LogP contribution in [0.2, 0.25) is 10.0 Å². The van der Waals surface area contributed by atoms with Gasteiger partial charge in [-0.05, 0) is 25.0 Å². The number of hydrogen-bond acceptors (Lipinski definition) is 5. The van der Waals surface area contributed by atoms with Crippen LogP contribution in [0.3, 0.4) is 0 Å². The number of rotatable bonds is 3. The van der Waals surface area contributed by atoms with Crippen LogP contribution in [-0.2, 0) is 0 Å². The van der Waals surface area contributed by atoms with Crippen molar-refractivity contribution in [1.82, 2.24) is 25.2 Å². The van der Waals surface area contributed by atoms with Gasteiger partial charge in [0, 0.05) is 35.6 Å². The Kier molecular flexibility index (Phi) is 4.81. The zero-order valence-corrected chi connectivity index (χ0v) is 17.1. The van der Waals surface area contributed by atoms with E-state index in [2.05, 4.69) is 37.5 Å². The van der Waals surface area contributed by atoms with Crippen LogP contribution in [0.15, 0.2) is 54.9 Å². The van der Waals surface area contributed by atoms with Gasteiger partial charge in [-0.1, -0.05) is 58.7 Å². The monoisotopic (exact) mass is 424 g/mol. The first-order chi connectivity index (χ1) is 14.2. The summed E-state index contributed by atoms with van der Waals surface area (Å²) in [7, 11) is 0. The summed E-state index contributed by atoms with van der Waals surface area (Å²) in [6, 6.07) is 14.2. The van der Waals surface area contributed by atoms with Gasteiger partial charge in [0.1, 0.15) is 5.69 Å². The van der Waals surface area contributed by atoms with E-state index in [1.165, 1.54) is 0 Å². The molecule has 0 N–H and O–H groups in total. The summed E-state index contributed by atoms with van der Waals surface area (Å²) in [5.74, 6) is 0.918. The molecule has 0 unspecified atom stereocenters. The predicted molar refractivity (Wildman–Crippen MR) is 116 cm³/mol. The number of anilines is 1. The van der Waals surface area contributed by atoms with Gasteiger partial charge in [0.2, 0.25) is 0 Å². The van der Waals surface area contributed by atoms with Gasteiger partial charge >= 0.3 is 0 Å². The van der Waals surface area contributed by atoms with E-state index >= 15 is 0 Å². The number of fused-ring (bicyclic) bond motifs is 1. The number of nitrogens with zero attached hydrogens (tertiary/aromatic N) is 6. The molecular weight excluding hydrogens is 407 g/mol. The average molecular weight is 425 g/mol. The van der Waals surface area contributed by atoms with Crippen LogP contribution in [0.1, 0.15) is 18.9 Å². The Bertz CT molecular complexity index is 1150. The molecule has 146 valence electrons. The fourth-order valence-electron chi connectivity index (χ4n) is 3.93. The van der Waals surface area contributed by atoms with E-state index in [0.717, 1.165) is 53.8 Å². The minimum absolute atomic E-state index is 0.378. The van der Waals surface area contributed by atoms with E-state index in [1.54, 1.807) is 12.3 Å². The molecule has 1 aliphatic heterocycles. The molecular formula is C21H18Cl2N6. The molecule has 0 radical (unpaired) electrons. The minimum Gasteiger partial charge on any atom is -0.354 e. The standard InChI is InChI=1S/C21H18Cl2N6/c22-18-6-5-14(13-19(18)23)20-16-3-1-2-4-17(16)21(26-25-20)28-10-7-15(8-11-28)29-12-9-24-27-29/h1-6,9,12-13,15H,7-8,10-11H2. The summed E-state index contributed by atoms with van der Waals surface area (Å²) < 4.78 is 1.95. The molecule has 2 aromatic carbocycles. The SMILES string of the molecule is Clc1ccc(-c2nnc(N3CCC(n4ccnn4)CC3)c3ccccc23)cc1Cl. The number of benzene rings is 2.